The molecule has 0 atom stereocenters. The summed E-state index contributed by atoms with van der Waals surface area (Å²) in [6, 6.07) is 14.4. The summed E-state index contributed by atoms with van der Waals surface area (Å²) in [4.78, 5) is 12.0. The number of hydrogen-bond acceptors (Lipinski definition) is 3. The Bertz CT molecular complexity index is 550. The summed E-state index contributed by atoms with van der Waals surface area (Å²) in [5, 5.41) is 0. The molecule has 0 heterocycles. The Kier molecular flexibility index (Phi) is 3.63. The SMILES string of the molecule is CCc1cccc(C(=O)Oc2ccccc2)c1N. The minimum absolute atomic E-state index is 0.415. The van der Waals surface area contributed by atoms with Crippen molar-refractivity contribution in [3.63, 3.8) is 0 Å². The van der Waals surface area contributed by atoms with Crippen molar-refractivity contribution in [1.29, 1.82) is 0 Å². The van der Waals surface area contributed by atoms with Crippen LogP contribution in [0.4, 0.5) is 5.69 Å². The molecule has 3 nitrogen and oxygen atoms in total. The molecule has 0 bridgehead atoms. The Hall–Kier alpha value is -2.29. The normalized spacial score (nSPS) is 10.1. The van der Waals surface area contributed by atoms with Gasteiger partial charge in [-0.3, -0.25) is 0 Å². The number of nitrogen functional groups attached to an aromatic ring is 1. The number of anilines is 1. The molecule has 0 aliphatic heterocycles. The summed E-state index contributed by atoms with van der Waals surface area (Å²) in [5.41, 5.74) is 7.82. The summed E-state index contributed by atoms with van der Waals surface area (Å²) in [5.74, 6) is 0.0952. The van der Waals surface area contributed by atoms with Crippen LogP contribution in [0.1, 0.15) is 22.8 Å². The molecule has 2 rings (SSSR count). The van der Waals surface area contributed by atoms with E-state index in [4.69, 9.17) is 10.5 Å². The van der Waals surface area contributed by atoms with E-state index in [1.807, 2.05) is 37.3 Å². The lowest BCUT2D eigenvalue weighted by atomic mass is 10.1. The summed E-state index contributed by atoms with van der Waals surface area (Å²) < 4.78 is 5.26. The van der Waals surface area contributed by atoms with Gasteiger partial charge in [0.2, 0.25) is 0 Å². The first-order valence-electron chi connectivity index (χ1n) is 5.87. The van der Waals surface area contributed by atoms with Crippen molar-refractivity contribution in [1.82, 2.24) is 0 Å². The van der Waals surface area contributed by atoms with E-state index in [1.54, 1.807) is 18.2 Å². The molecule has 0 aliphatic carbocycles. The zero-order valence-corrected chi connectivity index (χ0v) is 10.2. The van der Waals surface area contributed by atoms with E-state index >= 15 is 0 Å². The third-order valence-electron chi connectivity index (χ3n) is 2.75. The Balaban J connectivity index is 2.24. The molecule has 0 spiro atoms. The maximum atomic E-state index is 12.0. The second kappa shape index (κ2) is 5.36. The quantitative estimate of drug-likeness (QED) is 0.510. The van der Waals surface area contributed by atoms with E-state index in [0.29, 0.717) is 17.0 Å². The van der Waals surface area contributed by atoms with Crippen molar-refractivity contribution in [3.8, 4) is 5.75 Å². The van der Waals surface area contributed by atoms with E-state index in [0.717, 1.165) is 12.0 Å². The van der Waals surface area contributed by atoms with Crippen LogP contribution >= 0.6 is 0 Å². The van der Waals surface area contributed by atoms with Gasteiger partial charge in [-0.15, -0.1) is 0 Å². The molecule has 0 amide bonds. The minimum atomic E-state index is -0.422. The third kappa shape index (κ3) is 2.51. The fourth-order valence-electron chi connectivity index (χ4n) is 1.75. The summed E-state index contributed by atoms with van der Waals surface area (Å²) in [6.07, 6.45) is 0.790. The zero-order chi connectivity index (χ0) is 13.0. The maximum absolute atomic E-state index is 12.0. The molecule has 0 aliphatic rings. The van der Waals surface area contributed by atoms with Gasteiger partial charge in [0.25, 0.3) is 0 Å². The first kappa shape index (κ1) is 12.2. The van der Waals surface area contributed by atoms with Gasteiger partial charge in [0.15, 0.2) is 0 Å². The molecular weight excluding hydrogens is 226 g/mol. The van der Waals surface area contributed by atoms with Crippen molar-refractivity contribution < 1.29 is 9.53 Å². The largest absolute Gasteiger partial charge is 0.423 e. The molecule has 0 saturated heterocycles. The predicted octanol–water partition coefficient (Wildman–Crippen LogP) is 3.05. The first-order valence-corrected chi connectivity index (χ1v) is 5.87. The lowest BCUT2D eigenvalue weighted by Gasteiger charge is -2.09. The van der Waals surface area contributed by atoms with E-state index in [1.165, 1.54) is 0 Å². The van der Waals surface area contributed by atoms with Crippen LogP contribution in [0.25, 0.3) is 0 Å². The van der Waals surface area contributed by atoms with Crippen LogP contribution in [0, 0.1) is 0 Å². The Morgan fingerprint density at radius 1 is 1.11 bits per heavy atom. The number of aryl methyl sites for hydroxylation is 1. The van der Waals surface area contributed by atoms with Gasteiger partial charge in [-0.25, -0.2) is 4.79 Å². The van der Waals surface area contributed by atoms with Gasteiger partial charge >= 0.3 is 5.97 Å². The van der Waals surface area contributed by atoms with E-state index < -0.39 is 5.97 Å². The Morgan fingerprint density at radius 3 is 2.50 bits per heavy atom. The molecular formula is C15H15NO2. The molecule has 0 fully saturated rings. The van der Waals surface area contributed by atoms with Crippen LogP contribution in [0.2, 0.25) is 0 Å². The van der Waals surface area contributed by atoms with Crippen molar-refractivity contribution >= 4 is 11.7 Å². The topological polar surface area (TPSA) is 52.3 Å². The second-order valence-electron chi connectivity index (χ2n) is 3.93. The Labute approximate surface area is 106 Å². The van der Waals surface area contributed by atoms with E-state index in [-0.39, 0.29) is 0 Å². The molecule has 18 heavy (non-hydrogen) atoms. The van der Waals surface area contributed by atoms with Crippen molar-refractivity contribution in [2.24, 2.45) is 0 Å². The van der Waals surface area contributed by atoms with Crippen molar-refractivity contribution in [2.45, 2.75) is 13.3 Å². The van der Waals surface area contributed by atoms with Gasteiger partial charge in [0.1, 0.15) is 5.75 Å². The molecule has 3 heteroatoms. The predicted molar refractivity (Wildman–Crippen MR) is 71.6 cm³/mol. The monoisotopic (exact) mass is 241 g/mol. The van der Waals surface area contributed by atoms with Gasteiger partial charge in [0, 0.05) is 5.69 Å². The van der Waals surface area contributed by atoms with Crippen LogP contribution < -0.4 is 10.5 Å². The van der Waals surface area contributed by atoms with Gasteiger partial charge in [-0.05, 0) is 30.2 Å². The number of carbonyl (C=O) groups is 1. The summed E-state index contributed by atoms with van der Waals surface area (Å²) >= 11 is 0. The van der Waals surface area contributed by atoms with Crippen LogP contribution in [-0.4, -0.2) is 5.97 Å². The average molecular weight is 241 g/mol. The molecule has 2 aromatic rings. The number of rotatable bonds is 3. The molecule has 0 radical (unpaired) electrons. The van der Waals surface area contributed by atoms with Gasteiger partial charge < -0.3 is 10.5 Å². The molecule has 92 valence electrons. The van der Waals surface area contributed by atoms with Gasteiger partial charge in [-0.1, -0.05) is 37.3 Å². The number of para-hydroxylation sites is 2. The number of benzene rings is 2. The number of hydrogen-bond donors (Lipinski definition) is 1. The first-order chi connectivity index (χ1) is 8.72. The highest BCUT2D eigenvalue weighted by molar-refractivity contribution is 5.97. The molecule has 2 aromatic carbocycles. The molecule has 0 saturated carbocycles. The van der Waals surface area contributed by atoms with Crippen molar-refractivity contribution in [2.75, 3.05) is 5.73 Å². The van der Waals surface area contributed by atoms with Crippen LogP contribution in [-0.2, 0) is 6.42 Å². The highest BCUT2D eigenvalue weighted by Crippen LogP contribution is 2.20. The van der Waals surface area contributed by atoms with Crippen LogP contribution in [0.3, 0.4) is 0 Å². The van der Waals surface area contributed by atoms with E-state index in [2.05, 4.69) is 0 Å². The number of esters is 1. The number of ether oxygens (including phenoxy) is 1. The van der Waals surface area contributed by atoms with E-state index in [9.17, 15) is 4.79 Å². The fourth-order valence-corrected chi connectivity index (χ4v) is 1.75. The standard InChI is InChI=1S/C15H15NO2/c1-2-11-7-6-10-13(14(11)16)15(17)18-12-8-4-3-5-9-12/h3-10H,2,16H2,1H3. The molecule has 0 aromatic heterocycles. The second-order valence-corrected chi connectivity index (χ2v) is 3.93. The van der Waals surface area contributed by atoms with Crippen LogP contribution in [0.15, 0.2) is 48.5 Å². The number of carbonyl (C=O) groups excluding carboxylic acids is 1. The Morgan fingerprint density at radius 2 is 1.83 bits per heavy atom. The van der Waals surface area contributed by atoms with Gasteiger partial charge in [0.05, 0.1) is 5.56 Å². The average Bonchev–Trinajstić information content (AvgIpc) is 2.40. The smallest absolute Gasteiger partial charge is 0.345 e. The molecule has 0 unspecified atom stereocenters. The number of nitrogens with two attached hydrogens (primary N) is 1. The lowest BCUT2D eigenvalue weighted by molar-refractivity contribution is 0.0736. The summed E-state index contributed by atoms with van der Waals surface area (Å²) in [7, 11) is 0. The van der Waals surface area contributed by atoms with Crippen LogP contribution in [0.5, 0.6) is 5.75 Å². The van der Waals surface area contributed by atoms with Gasteiger partial charge in [-0.2, -0.15) is 0 Å². The fraction of sp³-hybridized carbons (Fsp3) is 0.133. The highest BCUT2D eigenvalue weighted by atomic mass is 16.5. The van der Waals surface area contributed by atoms with Crippen molar-refractivity contribution in [3.05, 3.63) is 59.7 Å². The summed E-state index contributed by atoms with van der Waals surface area (Å²) in [6.45, 7) is 2.00. The third-order valence-corrected chi connectivity index (χ3v) is 2.75. The lowest BCUT2D eigenvalue weighted by Crippen LogP contribution is -2.12. The maximum Gasteiger partial charge on any atom is 0.345 e. The zero-order valence-electron chi connectivity index (χ0n) is 10.2. The highest BCUT2D eigenvalue weighted by Gasteiger charge is 2.13. The minimum Gasteiger partial charge on any atom is -0.423 e. The molecule has 2 N–H and O–H groups in total.